The maximum Gasteiger partial charge on any atom is 0.271 e. The summed E-state index contributed by atoms with van der Waals surface area (Å²) in [5.41, 5.74) is 1.64. The highest BCUT2D eigenvalue weighted by Gasteiger charge is 2.17. The zero-order chi connectivity index (χ0) is 21.0. The largest absolute Gasteiger partial charge is 0.497 e. The number of rotatable bonds is 6. The molecule has 0 saturated heterocycles. The van der Waals surface area contributed by atoms with Gasteiger partial charge in [-0.1, -0.05) is 17.7 Å². The van der Waals surface area contributed by atoms with Gasteiger partial charge in [-0.25, -0.2) is 0 Å². The number of ether oxygens (including phenoxy) is 2. The first-order valence-electron chi connectivity index (χ1n) is 8.86. The Hall–Kier alpha value is -3.32. The molecule has 150 valence electrons. The molecule has 3 rings (SSSR count). The number of aromatic nitrogens is 2. The van der Waals surface area contributed by atoms with E-state index in [4.69, 9.17) is 21.1 Å². The number of halogens is 1. The average Bonchev–Trinajstić information content (AvgIpc) is 2.72. The number of amides is 1. The predicted molar refractivity (Wildman–Crippen MR) is 111 cm³/mol. The molecule has 1 amide bonds. The number of carbonyl (C=O) groups is 1. The van der Waals surface area contributed by atoms with E-state index in [0.717, 1.165) is 5.56 Å². The minimum atomic E-state index is -0.837. The normalized spacial score (nSPS) is 11.6. The monoisotopic (exact) mass is 413 g/mol. The second kappa shape index (κ2) is 8.79. The molecule has 0 radical (unpaired) electrons. The molecule has 0 spiro atoms. The summed E-state index contributed by atoms with van der Waals surface area (Å²) in [5, 5.41) is 7.46. The van der Waals surface area contributed by atoms with Gasteiger partial charge in [-0.3, -0.25) is 9.59 Å². The first-order chi connectivity index (χ1) is 13.9. The van der Waals surface area contributed by atoms with Crippen molar-refractivity contribution >= 4 is 23.2 Å². The van der Waals surface area contributed by atoms with Crippen molar-refractivity contribution in [2.24, 2.45) is 0 Å². The Balaban J connectivity index is 1.76. The van der Waals surface area contributed by atoms with Gasteiger partial charge in [0.2, 0.25) is 5.88 Å². The SMILES string of the molecule is COc1ccc(NC(=O)C(C)Oc2ccc(=O)n(-c3cc(Cl)ccc3C)n2)cc1. The summed E-state index contributed by atoms with van der Waals surface area (Å²) in [7, 11) is 1.57. The third-order valence-corrected chi connectivity index (χ3v) is 4.43. The molecule has 1 heterocycles. The molecule has 0 aliphatic carbocycles. The lowest BCUT2D eigenvalue weighted by molar-refractivity contribution is -0.122. The first kappa shape index (κ1) is 20.4. The van der Waals surface area contributed by atoms with Crippen LogP contribution in [0.2, 0.25) is 5.02 Å². The molecule has 3 aromatic rings. The Labute approximate surface area is 172 Å². The smallest absolute Gasteiger partial charge is 0.271 e. The van der Waals surface area contributed by atoms with Crippen molar-refractivity contribution in [3.63, 3.8) is 0 Å². The van der Waals surface area contributed by atoms with E-state index in [9.17, 15) is 9.59 Å². The van der Waals surface area contributed by atoms with Crippen molar-refractivity contribution in [1.29, 1.82) is 0 Å². The Morgan fingerprint density at radius 1 is 1.14 bits per heavy atom. The predicted octanol–water partition coefficient (Wildman–Crippen LogP) is 3.61. The molecule has 0 aliphatic heterocycles. The van der Waals surface area contributed by atoms with E-state index in [0.29, 0.717) is 22.1 Å². The Bertz CT molecular complexity index is 1080. The van der Waals surface area contributed by atoms with Crippen LogP contribution in [0.3, 0.4) is 0 Å². The van der Waals surface area contributed by atoms with Gasteiger partial charge in [-0.15, -0.1) is 5.10 Å². The molecule has 0 fully saturated rings. The second-order valence-corrected chi connectivity index (χ2v) is 6.77. The highest BCUT2D eigenvalue weighted by Crippen LogP contribution is 2.19. The molecule has 1 atom stereocenters. The Morgan fingerprint density at radius 3 is 2.55 bits per heavy atom. The molecule has 7 nitrogen and oxygen atoms in total. The van der Waals surface area contributed by atoms with Crippen LogP contribution in [0, 0.1) is 6.92 Å². The van der Waals surface area contributed by atoms with E-state index in [1.807, 2.05) is 6.92 Å². The van der Waals surface area contributed by atoms with Crippen molar-refractivity contribution in [3.8, 4) is 17.3 Å². The molecule has 0 aliphatic rings. The van der Waals surface area contributed by atoms with Crippen LogP contribution in [-0.2, 0) is 4.79 Å². The molecule has 0 bridgehead atoms. The number of aryl methyl sites for hydroxylation is 1. The standard InChI is InChI=1S/C21H20ClN3O4/c1-13-4-5-15(22)12-18(13)25-20(26)11-10-19(24-25)29-14(2)21(27)23-16-6-8-17(28-3)9-7-16/h4-12,14H,1-3H3,(H,23,27). The van der Waals surface area contributed by atoms with Crippen molar-refractivity contribution in [2.75, 3.05) is 12.4 Å². The lowest BCUT2D eigenvalue weighted by Crippen LogP contribution is -2.31. The minimum Gasteiger partial charge on any atom is -0.497 e. The number of nitrogens with zero attached hydrogens (tertiary/aromatic N) is 2. The van der Waals surface area contributed by atoms with Crippen molar-refractivity contribution < 1.29 is 14.3 Å². The topological polar surface area (TPSA) is 82.5 Å². The van der Waals surface area contributed by atoms with Crippen LogP contribution in [0.25, 0.3) is 5.69 Å². The zero-order valence-electron chi connectivity index (χ0n) is 16.2. The maximum atomic E-state index is 12.4. The fraction of sp³-hybridized carbons (Fsp3) is 0.190. The van der Waals surface area contributed by atoms with Gasteiger partial charge in [0.15, 0.2) is 6.10 Å². The van der Waals surface area contributed by atoms with Crippen molar-refractivity contribution in [3.05, 3.63) is 75.5 Å². The van der Waals surface area contributed by atoms with Crippen LogP contribution in [0.15, 0.2) is 59.4 Å². The first-order valence-corrected chi connectivity index (χ1v) is 9.23. The van der Waals surface area contributed by atoms with Gasteiger partial charge in [0.25, 0.3) is 11.5 Å². The van der Waals surface area contributed by atoms with Crippen molar-refractivity contribution in [2.45, 2.75) is 20.0 Å². The summed E-state index contributed by atoms with van der Waals surface area (Å²) < 4.78 is 11.9. The van der Waals surface area contributed by atoms with Crippen LogP contribution in [0.4, 0.5) is 5.69 Å². The fourth-order valence-corrected chi connectivity index (χ4v) is 2.76. The third kappa shape index (κ3) is 4.94. The molecular weight excluding hydrogens is 394 g/mol. The Morgan fingerprint density at radius 2 is 1.86 bits per heavy atom. The van der Waals surface area contributed by atoms with E-state index in [1.54, 1.807) is 56.5 Å². The van der Waals surface area contributed by atoms with Crippen LogP contribution >= 0.6 is 11.6 Å². The molecule has 1 unspecified atom stereocenters. The summed E-state index contributed by atoms with van der Waals surface area (Å²) in [6.45, 7) is 3.44. The van der Waals surface area contributed by atoms with Gasteiger partial charge >= 0.3 is 0 Å². The molecule has 29 heavy (non-hydrogen) atoms. The van der Waals surface area contributed by atoms with Crippen LogP contribution < -0.4 is 20.3 Å². The van der Waals surface area contributed by atoms with Crippen molar-refractivity contribution in [1.82, 2.24) is 9.78 Å². The van der Waals surface area contributed by atoms with Gasteiger partial charge in [0.05, 0.1) is 12.8 Å². The summed E-state index contributed by atoms with van der Waals surface area (Å²) in [6, 6.07) is 14.9. The van der Waals surface area contributed by atoms with Crippen LogP contribution in [-0.4, -0.2) is 28.9 Å². The van der Waals surface area contributed by atoms with Gasteiger partial charge in [0.1, 0.15) is 5.75 Å². The van der Waals surface area contributed by atoms with Gasteiger partial charge < -0.3 is 14.8 Å². The van der Waals surface area contributed by atoms with Crippen LogP contribution in [0.5, 0.6) is 11.6 Å². The number of anilines is 1. The number of hydrogen-bond acceptors (Lipinski definition) is 5. The molecule has 0 saturated carbocycles. The summed E-state index contributed by atoms with van der Waals surface area (Å²) in [6.07, 6.45) is -0.837. The molecular formula is C21H20ClN3O4. The molecule has 2 aromatic carbocycles. The molecule has 1 aromatic heterocycles. The number of benzene rings is 2. The highest BCUT2D eigenvalue weighted by atomic mass is 35.5. The zero-order valence-corrected chi connectivity index (χ0v) is 16.9. The highest BCUT2D eigenvalue weighted by molar-refractivity contribution is 6.30. The minimum absolute atomic E-state index is 0.140. The Kier molecular flexibility index (Phi) is 6.19. The van der Waals surface area contributed by atoms with E-state index in [-0.39, 0.29) is 17.3 Å². The lowest BCUT2D eigenvalue weighted by Gasteiger charge is -2.15. The lowest BCUT2D eigenvalue weighted by atomic mass is 10.2. The van der Waals surface area contributed by atoms with Gasteiger partial charge in [0, 0.05) is 22.8 Å². The van der Waals surface area contributed by atoms with E-state index in [2.05, 4.69) is 10.4 Å². The van der Waals surface area contributed by atoms with Gasteiger partial charge in [-0.2, -0.15) is 4.68 Å². The summed E-state index contributed by atoms with van der Waals surface area (Å²) in [4.78, 5) is 24.7. The molecule has 8 heteroatoms. The number of carbonyl (C=O) groups excluding carboxylic acids is 1. The van der Waals surface area contributed by atoms with E-state index >= 15 is 0 Å². The number of hydrogen-bond donors (Lipinski definition) is 1. The summed E-state index contributed by atoms with van der Waals surface area (Å²) >= 11 is 6.05. The van der Waals surface area contributed by atoms with Crippen LogP contribution in [0.1, 0.15) is 12.5 Å². The number of nitrogens with one attached hydrogen (secondary N) is 1. The van der Waals surface area contributed by atoms with E-state index in [1.165, 1.54) is 16.8 Å². The fourth-order valence-electron chi connectivity index (χ4n) is 2.59. The maximum absolute atomic E-state index is 12.4. The van der Waals surface area contributed by atoms with E-state index < -0.39 is 6.10 Å². The molecule has 1 N–H and O–H groups in total. The summed E-state index contributed by atoms with van der Waals surface area (Å²) in [5.74, 6) is 0.477. The van der Waals surface area contributed by atoms with Gasteiger partial charge in [-0.05, 0) is 55.8 Å². The third-order valence-electron chi connectivity index (χ3n) is 4.20. The quantitative estimate of drug-likeness (QED) is 0.667. The number of methoxy groups -OCH3 is 1. The second-order valence-electron chi connectivity index (χ2n) is 6.33. The average molecular weight is 414 g/mol.